The van der Waals surface area contributed by atoms with E-state index in [-0.39, 0.29) is 0 Å². The van der Waals surface area contributed by atoms with Crippen molar-refractivity contribution in [3.05, 3.63) is 42.3 Å². The molecule has 0 amide bonds. The normalized spacial score (nSPS) is 10.9. The molecule has 0 aliphatic heterocycles. The number of nitrogens with zero attached hydrogens (tertiary/aromatic N) is 1. The quantitative estimate of drug-likeness (QED) is 0.680. The van der Waals surface area contributed by atoms with Gasteiger partial charge in [-0.3, -0.25) is 0 Å². The van der Waals surface area contributed by atoms with E-state index in [0.29, 0.717) is 0 Å². The van der Waals surface area contributed by atoms with Crippen molar-refractivity contribution in [3.63, 3.8) is 0 Å². The fraction of sp³-hybridized carbons (Fsp3) is 0.462. The number of hydrogen-bond acceptors (Lipinski definition) is 2. The Labute approximate surface area is 97.9 Å². The molecule has 1 rings (SSSR count). The first-order chi connectivity index (χ1) is 7.22. The molecule has 0 bridgehead atoms. The van der Waals surface area contributed by atoms with E-state index in [1.165, 1.54) is 11.1 Å². The van der Waals surface area contributed by atoms with Gasteiger partial charge < -0.3 is 4.90 Å². The molecule has 15 heavy (non-hydrogen) atoms. The van der Waals surface area contributed by atoms with E-state index in [1.807, 2.05) is 11.8 Å². The molecule has 83 valence electrons. The van der Waals surface area contributed by atoms with Gasteiger partial charge in [0.05, 0.1) is 0 Å². The van der Waals surface area contributed by atoms with E-state index >= 15 is 0 Å². The molecule has 1 aromatic carbocycles. The van der Waals surface area contributed by atoms with Crippen LogP contribution in [-0.2, 0) is 12.3 Å². The molecule has 0 fully saturated rings. The standard InChI is InChI=1S/C13H20NS/c1-4-8-15-11-13-7-5-6-12(9-13)10-14(2)3/h5-7,9H,1,4,8,10-11H2,2-3H3. The van der Waals surface area contributed by atoms with Crippen molar-refractivity contribution in [1.82, 2.24) is 4.90 Å². The van der Waals surface area contributed by atoms with Gasteiger partial charge in [0.25, 0.3) is 0 Å². The van der Waals surface area contributed by atoms with E-state index in [2.05, 4.69) is 50.2 Å². The van der Waals surface area contributed by atoms with E-state index in [1.54, 1.807) is 0 Å². The molecular weight excluding hydrogens is 202 g/mol. The summed E-state index contributed by atoms with van der Waals surface area (Å²) in [7, 11) is 4.20. The van der Waals surface area contributed by atoms with E-state index in [9.17, 15) is 0 Å². The zero-order valence-corrected chi connectivity index (χ0v) is 10.5. The molecule has 1 aromatic rings. The molecule has 0 saturated carbocycles. The monoisotopic (exact) mass is 222 g/mol. The van der Waals surface area contributed by atoms with Crippen LogP contribution in [0.25, 0.3) is 0 Å². The highest BCUT2D eigenvalue weighted by Crippen LogP contribution is 2.14. The van der Waals surface area contributed by atoms with Crippen molar-refractivity contribution < 1.29 is 0 Å². The molecular formula is C13H20NS. The van der Waals surface area contributed by atoms with Crippen molar-refractivity contribution in [1.29, 1.82) is 0 Å². The van der Waals surface area contributed by atoms with Crippen LogP contribution in [0.4, 0.5) is 0 Å². The Morgan fingerprint density at radius 2 is 2.00 bits per heavy atom. The molecule has 1 nitrogen and oxygen atoms in total. The largest absolute Gasteiger partial charge is 0.305 e. The molecule has 0 saturated heterocycles. The maximum Gasteiger partial charge on any atom is 0.0227 e. The van der Waals surface area contributed by atoms with Gasteiger partial charge >= 0.3 is 0 Å². The molecule has 0 aromatic heterocycles. The summed E-state index contributed by atoms with van der Waals surface area (Å²) >= 11 is 1.96. The van der Waals surface area contributed by atoms with Crippen molar-refractivity contribution in [2.24, 2.45) is 0 Å². The summed E-state index contributed by atoms with van der Waals surface area (Å²) in [6, 6.07) is 8.85. The van der Waals surface area contributed by atoms with Gasteiger partial charge in [-0.25, -0.2) is 0 Å². The second-order valence-corrected chi connectivity index (χ2v) is 5.07. The summed E-state index contributed by atoms with van der Waals surface area (Å²) < 4.78 is 0. The lowest BCUT2D eigenvalue weighted by molar-refractivity contribution is 0.402. The minimum atomic E-state index is 1.02. The highest BCUT2D eigenvalue weighted by atomic mass is 32.2. The summed E-state index contributed by atoms with van der Waals surface area (Å²) in [5, 5.41) is 0. The molecule has 0 atom stereocenters. The van der Waals surface area contributed by atoms with E-state index < -0.39 is 0 Å². The van der Waals surface area contributed by atoms with Crippen LogP contribution in [0, 0.1) is 6.92 Å². The third-order valence-electron chi connectivity index (χ3n) is 2.05. The number of rotatable bonds is 6. The molecule has 1 radical (unpaired) electrons. The van der Waals surface area contributed by atoms with Gasteiger partial charge in [-0.2, -0.15) is 11.8 Å². The lowest BCUT2D eigenvalue weighted by Crippen LogP contribution is -2.10. The second kappa shape index (κ2) is 6.91. The summed E-state index contributed by atoms with van der Waals surface area (Å²) in [5.74, 6) is 2.26. The minimum absolute atomic E-state index is 1.02. The fourth-order valence-electron chi connectivity index (χ4n) is 1.48. The summed E-state index contributed by atoms with van der Waals surface area (Å²) in [5.41, 5.74) is 2.82. The van der Waals surface area contributed by atoms with Gasteiger partial charge in [-0.05, 0) is 37.4 Å². The minimum Gasteiger partial charge on any atom is -0.305 e. The Morgan fingerprint density at radius 3 is 2.67 bits per heavy atom. The van der Waals surface area contributed by atoms with E-state index in [0.717, 1.165) is 24.5 Å². The lowest BCUT2D eigenvalue weighted by atomic mass is 10.1. The third-order valence-corrected chi connectivity index (χ3v) is 3.16. The first-order valence-corrected chi connectivity index (χ1v) is 6.47. The molecule has 0 heterocycles. The summed E-state index contributed by atoms with van der Waals surface area (Å²) in [4.78, 5) is 2.20. The van der Waals surface area contributed by atoms with Gasteiger partial charge in [0, 0.05) is 12.3 Å². The van der Waals surface area contributed by atoms with Crippen LogP contribution in [-0.4, -0.2) is 24.7 Å². The number of benzene rings is 1. The van der Waals surface area contributed by atoms with Crippen LogP contribution >= 0.6 is 11.8 Å². The maximum absolute atomic E-state index is 3.85. The molecule has 0 aliphatic carbocycles. The van der Waals surface area contributed by atoms with E-state index in [4.69, 9.17) is 0 Å². The van der Waals surface area contributed by atoms with Gasteiger partial charge in [0.15, 0.2) is 0 Å². The molecule has 2 heteroatoms. The van der Waals surface area contributed by atoms with Gasteiger partial charge in [-0.1, -0.05) is 31.2 Å². The van der Waals surface area contributed by atoms with Crippen LogP contribution in [0.2, 0.25) is 0 Å². The van der Waals surface area contributed by atoms with Crippen LogP contribution < -0.4 is 0 Å². The van der Waals surface area contributed by atoms with Gasteiger partial charge in [-0.15, -0.1) is 0 Å². The van der Waals surface area contributed by atoms with Crippen molar-refractivity contribution in [2.75, 3.05) is 19.8 Å². The van der Waals surface area contributed by atoms with Crippen LogP contribution in [0.15, 0.2) is 24.3 Å². The highest BCUT2D eigenvalue weighted by molar-refractivity contribution is 7.98. The smallest absolute Gasteiger partial charge is 0.0227 e. The Kier molecular flexibility index (Phi) is 5.81. The predicted molar refractivity (Wildman–Crippen MR) is 70.0 cm³/mol. The SMILES string of the molecule is [CH2]CCSCc1cccc(CN(C)C)c1. The Morgan fingerprint density at radius 1 is 1.27 bits per heavy atom. The third kappa shape index (κ3) is 5.24. The number of hydrogen-bond donors (Lipinski definition) is 0. The maximum atomic E-state index is 3.85. The van der Waals surface area contributed by atoms with Crippen molar-refractivity contribution in [2.45, 2.75) is 18.7 Å². The number of thioether (sulfide) groups is 1. The Hall–Kier alpha value is -0.470. The Bertz CT molecular complexity index is 284. The average molecular weight is 222 g/mol. The predicted octanol–water partition coefficient (Wildman–Crippen LogP) is 3.21. The molecule has 0 unspecified atom stereocenters. The zero-order valence-electron chi connectivity index (χ0n) is 9.70. The molecule has 0 N–H and O–H groups in total. The first-order valence-electron chi connectivity index (χ1n) is 5.32. The van der Waals surface area contributed by atoms with Crippen molar-refractivity contribution >= 4 is 11.8 Å². The highest BCUT2D eigenvalue weighted by Gasteiger charge is 1.97. The average Bonchev–Trinajstić information content (AvgIpc) is 2.18. The first kappa shape index (κ1) is 12.6. The lowest BCUT2D eigenvalue weighted by Gasteiger charge is -2.10. The second-order valence-electron chi connectivity index (χ2n) is 3.96. The van der Waals surface area contributed by atoms with Crippen LogP contribution in [0.3, 0.4) is 0 Å². The van der Waals surface area contributed by atoms with Gasteiger partial charge in [0.1, 0.15) is 0 Å². The molecule has 0 aliphatic rings. The summed E-state index contributed by atoms with van der Waals surface area (Å²) in [6.07, 6.45) is 1.02. The van der Waals surface area contributed by atoms with Crippen LogP contribution in [0.5, 0.6) is 0 Å². The topological polar surface area (TPSA) is 3.24 Å². The summed E-state index contributed by atoms with van der Waals surface area (Å²) in [6.45, 7) is 4.87. The zero-order chi connectivity index (χ0) is 11.1. The Balaban J connectivity index is 2.50. The van der Waals surface area contributed by atoms with Gasteiger partial charge in [0.2, 0.25) is 0 Å². The fourth-order valence-corrected chi connectivity index (χ4v) is 2.24. The van der Waals surface area contributed by atoms with Crippen molar-refractivity contribution in [3.8, 4) is 0 Å². The molecule has 0 spiro atoms. The van der Waals surface area contributed by atoms with Crippen LogP contribution in [0.1, 0.15) is 17.5 Å².